The maximum Gasteiger partial charge on any atom is 0.316 e. The first-order valence-corrected chi connectivity index (χ1v) is 34.9. The molecule has 1 aromatic heterocycles. The number of rotatable bonds is 38. The molecule has 560 valence electrons. The number of aromatic nitrogens is 1. The van der Waals surface area contributed by atoms with Crippen LogP contribution in [-0.2, 0) is 83.2 Å². The first-order valence-electron chi connectivity index (χ1n) is 34.5. The number of unbranched alkanes of at least 4 members (excludes halogenated alkanes) is 1. The fourth-order valence-electron chi connectivity index (χ4n) is 11.7. The van der Waals surface area contributed by atoms with Crippen LogP contribution in [0.3, 0.4) is 0 Å². The van der Waals surface area contributed by atoms with Crippen LogP contribution in [0.2, 0.25) is 5.02 Å². The Kier molecular flexibility index (Phi) is 31.9. The van der Waals surface area contributed by atoms with Crippen LogP contribution < -0.4 is 70.0 Å². The van der Waals surface area contributed by atoms with E-state index in [0.717, 1.165) is 17.8 Å². The molecule has 1 fully saturated rings. The molecule has 1 aliphatic heterocycles. The largest absolute Gasteiger partial charge is 0.394 e. The minimum absolute atomic E-state index is 0.0129. The number of benzene rings is 4. The van der Waals surface area contributed by atoms with E-state index in [-0.39, 0.29) is 69.4 Å². The number of carbonyl (C=O) groups is 13. The second-order valence-corrected chi connectivity index (χ2v) is 27.0. The fraction of sp³-hybridized carbons (Fsp3) is 0.452. The topological polar surface area (TPSA) is 446 Å². The van der Waals surface area contributed by atoms with Gasteiger partial charge in [0.25, 0.3) is 5.91 Å². The average molecular weight is 1460 g/mol. The Morgan fingerprint density at radius 3 is 1.63 bits per heavy atom. The maximum atomic E-state index is 15.0. The van der Waals surface area contributed by atoms with Gasteiger partial charge in [0.2, 0.25) is 65.0 Å². The van der Waals surface area contributed by atoms with Crippen LogP contribution in [0.1, 0.15) is 109 Å². The summed E-state index contributed by atoms with van der Waals surface area (Å²) in [5.74, 6) is -10.2. The van der Waals surface area contributed by atoms with Gasteiger partial charge in [-0.3, -0.25) is 67.4 Å². The van der Waals surface area contributed by atoms with Crippen LogP contribution in [0.4, 0.5) is 10.5 Å². The molecule has 1 aliphatic rings. The van der Waals surface area contributed by atoms with Gasteiger partial charge in [-0.25, -0.2) is 4.79 Å². The van der Waals surface area contributed by atoms with Gasteiger partial charge in [-0.2, -0.15) is 0 Å². The molecule has 2 heterocycles. The molecule has 31 heteroatoms. The molecule has 5 aromatic rings. The lowest BCUT2D eigenvalue weighted by Gasteiger charge is -2.31. The van der Waals surface area contributed by atoms with Gasteiger partial charge in [0.15, 0.2) is 6.17 Å². The van der Waals surface area contributed by atoms with Crippen LogP contribution in [0.25, 0.3) is 10.8 Å². The second kappa shape index (κ2) is 40.3. The number of halogens is 1. The SMILES string of the molecule is CC(=O)Nc1ccc(C[C@@H](NC(=O)C(NC(=O)[C@H](CO)NC(=O)[C@@H](Cc2cccnc2)NC(=O)[C@@H](Cc2ccc(Cl)cc2)NC(=O)[C@@H](Cc2ccc3ccccc3c2)NC(C)=O)N(C)C(N)=O)C(=O)N[C@@H](CC(C)C)C(=O)N[C@@H](CCCCNC(C)C)C(=O)N2CCC[C@H]2C(=O)N[C@H](C)C(N)=O)cc1. The standard InChI is InChI=1S/C73H97ClN16O14/c1-41(2)33-55(64(95)82-54(18-11-12-31-78-42(3)4)72(103)90-32-14-19-61(90)70(101)79-43(5)62(75)94)83-67(98)58(36-47-23-28-53(29-24-47)80-44(6)92)86-71(102)63(89(8)73(76)104)88-69(100)60(40-91)87-68(99)59(38-49-15-13-30-77-39-49)85-66(97)57(35-46-21-26-52(74)27-22-46)84-65(96)56(81-45(7)93)37-48-20-25-50-16-9-10-17-51(50)34-48/h9-10,13,15-17,20-30,34,39,41-43,54-61,63,78,91H,11-12,14,18-19,31-33,35-38,40H2,1-8H3,(H2,75,94)(H2,76,104)(H,79,101)(H,80,92)(H,81,93)(H,82,95)(H,83,98)(H,84,96)(H,85,97)(H,86,102)(H,87,99)(H,88,100)/t43-,54+,55+,56-,57-,58-,59-,60+,61+,63?/m1/s1. The van der Waals surface area contributed by atoms with Crippen LogP contribution in [0.5, 0.6) is 0 Å². The van der Waals surface area contributed by atoms with Gasteiger partial charge < -0.3 is 80.0 Å². The molecule has 6 rings (SSSR count). The summed E-state index contributed by atoms with van der Waals surface area (Å²) in [4.78, 5) is 187. The number of nitrogens with two attached hydrogens (primary N) is 2. The van der Waals surface area contributed by atoms with Gasteiger partial charge in [-0.05, 0) is 121 Å². The van der Waals surface area contributed by atoms with Crippen molar-refractivity contribution in [1.29, 1.82) is 0 Å². The van der Waals surface area contributed by atoms with E-state index in [9.17, 15) is 67.4 Å². The Morgan fingerprint density at radius 1 is 0.567 bits per heavy atom. The summed E-state index contributed by atoms with van der Waals surface area (Å²) in [6, 6.07) is 15.3. The number of aliphatic hydroxyl groups is 1. The number of nitrogens with one attached hydrogen (secondary N) is 11. The predicted molar refractivity (Wildman–Crippen MR) is 389 cm³/mol. The van der Waals surface area contributed by atoms with Crippen molar-refractivity contribution in [1.82, 2.24) is 68.0 Å². The quantitative estimate of drug-likeness (QED) is 0.0195. The van der Waals surface area contributed by atoms with Crippen molar-refractivity contribution in [2.24, 2.45) is 17.4 Å². The number of hydrogen-bond acceptors (Lipinski definition) is 16. The van der Waals surface area contributed by atoms with Crippen LogP contribution in [0.15, 0.2) is 116 Å². The van der Waals surface area contributed by atoms with Gasteiger partial charge in [0, 0.05) is 82.3 Å². The number of amides is 14. The summed E-state index contributed by atoms with van der Waals surface area (Å²) in [5, 5.41) is 42.6. The highest BCUT2D eigenvalue weighted by atomic mass is 35.5. The highest BCUT2D eigenvalue weighted by Crippen LogP contribution is 2.23. The summed E-state index contributed by atoms with van der Waals surface area (Å²) >= 11 is 6.22. The number of carbonyl (C=O) groups excluding carboxylic acids is 13. The number of hydrogen-bond donors (Lipinski definition) is 14. The van der Waals surface area contributed by atoms with Gasteiger partial charge >= 0.3 is 6.03 Å². The van der Waals surface area contributed by atoms with Crippen LogP contribution >= 0.6 is 11.6 Å². The van der Waals surface area contributed by atoms with Crippen molar-refractivity contribution >= 4 is 105 Å². The predicted octanol–water partition coefficient (Wildman–Crippen LogP) is 1.17. The second-order valence-electron chi connectivity index (χ2n) is 26.6. The van der Waals surface area contributed by atoms with Crippen molar-refractivity contribution < 1.29 is 67.4 Å². The van der Waals surface area contributed by atoms with E-state index in [1.807, 2.05) is 56.3 Å². The number of nitrogens with zero attached hydrogens (tertiary/aromatic N) is 3. The summed E-state index contributed by atoms with van der Waals surface area (Å²) in [5.41, 5.74) is 13.6. The Morgan fingerprint density at radius 2 is 1.09 bits per heavy atom. The molecule has 104 heavy (non-hydrogen) atoms. The molecule has 10 atom stereocenters. The van der Waals surface area contributed by atoms with Crippen molar-refractivity contribution in [3.8, 4) is 0 Å². The molecule has 0 aliphatic carbocycles. The zero-order valence-corrected chi connectivity index (χ0v) is 60.5. The van der Waals surface area contributed by atoms with E-state index in [2.05, 4.69) is 63.5 Å². The fourth-order valence-corrected chi connectivity index (χ4v) is 11.8. The van der Waals surface area contributed by atoms with Crippen LogP contribution in [0, 0.1) is 5.92 Å². The lowest BCUT2D eigenvalue weighted by Crippen LogP contribution is -2.65. The monoisotopic (exact) mass is 1460 g/mol. The molecule has 4 aromatic carbocycles. The van der Waals surface area contributed by atoms with Gasteiger partial charge in [0.05, 0.1) is 6.61 Å². The van der Waals surface area contributed by atoms with Crippen molar-refractivity contribution in [2.75, 3.05) is 32.1 Å². The first kappa shape index (κ1) is 82.4. The Labute approximate surface area is 609 Å². The van der Waals surface area contributed by atoms with Crippen molar-refractivity contribution in [2.45, 2.75) is 179 Å². The molecule has 0 saturated carbocycles. The van der Waals surface area contributed by atoms with Crippen LogP contribution in [-0.4, -0.2) is 190 Å². The molecule has 16 N–H and O–H groups in total. The number of urea groups is 1. The molecule has 0 radical (unpaired) electrons. The zero-order valence-electron chi connectivity index (χ0n) is 59.7. The highest BCUT2D eigenvalue weighted by Gasteiger charge is 2.41. The lowest BCUT2D eigenvalue weighted by atomic mass is 9.99. The molecule has 1 saturated heterocycles. The summed E-state index contributed by atoms with van der Waals surface area (Å²) in [6.07, 6.45) is 1.86. The number of primary amides is 2. The van der Waals surface area contributed by atoms with E-state index >= 15 is 0 Å². The zero-order chi connectivity index (χ0) is 76.3. The molecule has 30 nitrogen and oxygen atoms in total. The third-order valence-electron chi connectivity index (χ3n) is 17.2. The molecule has 0 spiro atoms. The number of likely N-dealkylation sites (tertiary alicyclic amines) is 1. The molecule has 1 unspecified atom stereocenters. The van der Waals surface area contributed by atoms with Crippen molar-refractivity contribution in [3.05, 3.63) is 143 Å². The van der Waals surface area contributed by atoms with Crippen molar-refractivity contribution in [3.63, 3.8) is 0 Å². The molecule has 0 bridgehead atoms. The van der Waals surface area contributed by atoms with Gasteiger partial charge in [-0.1, -0.05) is 112 Å². The lowest BCUT2D eigenvalue weighted by molar-refractivity contribution is -0.142. The number of aliphatic hydroxyl groups excluding tert-OH is 1. The summed E-state index contributed by atoms with van der Waals surface area (Å²) in [6.45, 7) is 11.1. The molecular weight excluding hydrogens is 1360 g/mol. The van der Waals surface area contributed by atoms with E-state index in [4.69, 9.17) is 23.1 Å². The smallest absolute Gasteiger partial charge is 0.316 e. The number of fused-ring (bicyclic) bond motifs is 1. The third kappa shape index (κ3) is 26.0. The summed E-state index contributed by atoms with van der Waals surface area (Å²) in [7, 11) is 1.04. The van der Waals surface area contributed by atoms with E-state index in [1.165, 1.54) is 50.2 Å². The maximum absolute atomic E-state index is 15.0. The normalized spacial score (nSPS) is 15.2. The minimum Gasteiger partial charge on any atom is -0.394 e. The third-order valence-corrected chi connectivity index (χ3v) is 17.5. The molecular formula is C73H97ClN16O14. The Balaban J connectivity index is 1.26. The van der Waals surface area contributed by atoms with E-state index in [0.29, 0.717) is 63.7 Å². The number of pyridine rings is 1. The average Bonchev–Trinajstić information content (AvgIpc) is 1.86. The minimum atomic E-state index is -2.11. The summed E-state index contributed by atoms with van der Waals surface area (Å²) < 4.78 is 0. The van der Waals surface area contributed by atoms with Gasteiger partial charge in [0.1, 0.15) is 54.4 Å². The van der Waals surface area contributed by atoms with E-state index < -0.39 is 138 Å². The highest BCUT2D eigenvalue weighted by molar-refractivity contribution is 6.30. The first-order chi connectivity index (χ1) is 49.4. The number of anilines is 1. The Bertz CT molecular complexity index is 3830. The number of likely N-dealkylation sites (N-methyl/N-ethyl adjacent to an activating group) is 1. The Hall–Kier alpha value is -10.6. The van der Waals surface area contributed by atoms with E-state index in [1.54, 1.807) is 62.4 Å². The van der Waals surface area contributed by atoms with Gasteiger partial charge in [-0.15, -0.1) is 0 Å². The molecule has 14 amide bonds.